The molecule has 0 aliphatic carbocycles. The van der Waals surface area contributed by atoms with Crippen LogP contribution in [-0.2, 0) is 21.4 Å². The van der Waals surface area contributed by atoms with Crippen LogP contribution >= 0.6 is 0 Å². The van der Waals surface area contributed by atoms with Crippen LogP contribution in [0.5, 0.6) is 0 Å². The zero-order valence-corrected chi connectivity index (χ0v) is 19.1. The molecule has 2 aliphatic rings. The second kappa shape index (κ2) is 8.75. The number of aryl methyl sites for hydroxylation is 1. The number of rotatable bonds is 4. The molecule has 1 aromatic carbocycles. The van der Waals surface area contributed by atoms with Crippen molar-refractivity contribution in [2.75, 3.05) is 45.6 Å². The van der Waals surface area contributed by atoms with E-state index in [2.05, 4.69) is 21.8 Å². The molecule has 172 valence electrons. The highest BCUT2D eigenvalue weighted by Gasteiger charge is 2.47. The number of likely N-dealkylation sites (N-methyl/N-ethyl adjacent to an activating group) is 1. The summed E-state index contributed by atoms with van der Waals surface area (Å²) in [5, 5.41) is 0. The average Bonchev–Trinajstić information content (AvgIpc) is 2.75. The van der Waals surface area contributed by atoms with Crippen molar-refractivity contribution >= 4 is 11.7 Å². The molecule has 2 N–H and O–H groups in total. The van der Waals surface area contributed by atoms with Crippen molar-refractivity contribution < 1.29 is 13.9 Å². The van der Waals surface area contributed by atoms with Crippen LogP contribution in [0.3, 0.4) is 0 Å². The molecule has 0 bridgehead atoms. The molecule has 0 spiro atoms. The quantitative estimate of drug-likeness (QED) is 0.784. The predicted molar refractivity (Wildman–Crippen MR) is 121 cm³/mol. The van der Waals surface area contributed by atoms with Crippen LogP contribution < -0.4 is 5.73 Å². The van der Waals surface area contributed by atoms with Gasteiger partial charge in [0.2, 0.25) is 0 Å². The van der Waals surface area contributed by atoms with Crippen molar-refractivity contribution in [2.24, 2.45) is 0 Å². The minimum atomic E-state index is -0.964. The van der Waals surface area contributed by atoms with E-state index in [1.807, 2.05) is 24.9 Å². The van der Waals surface area contributed by atoms with Gasteiger partial charge in [0.15, 0.2) is 5.60 Å². The highest BCUT2D eigenvalue weighted by molar-refractivity contribution is 5.86. The number of piperidine rings is 1. The Hall–Kier alpha value is -2.58. The number of nitrogens with two attached hydrogens (primary N) is 1. The number of likely N-dealkylation sites (tertiary alicyclic amines) is 1. The Bertz CT molecular complexity index is 955. The third-order valence-corrected chi connectivity index (χ3v) is 6.80. The van der Waals surface area contributed by atoms with E-state index in [0.29, 0.717) is 44.3 Å². The first-order valence-corrected chi connectivity index (χ1v) is 11.2. The molecule has 1 unspecified atom stereocenters. The first kappa shape index (κ1) is 22.6. The molecule has 3 heterocycles. The van der Waals surface area contributed by atoms with Crippen molar-refractivity contribution in [1.82, 2.24) is 19.8 Å². The van der Waals surface area contributed by atoms with Gasteiger partial charge in [-0.25, -0.2) is 14.4 Å². The largest absolute Gasteiger partial charge is 0.384 e. The lowest BCUT2D eigenvalue weighted by Gasteiger charge is -2.46. The standard InChI is InChI=1S/C24H32FN5O2/c1-17-27-20(14-21(26)28-17)23(2)8-10-30(11-9-23)22(31)24(16-29(3)12-13-32-24)15-18-4-6-19(25)7-5-18/h4-7,14H,8-13,15-16H2,1-3H3,(H2,26,27,28). The smallest absolute Gasteiger partial charge is 0.256 e. The number of nitrogen functional groups attached to an aromatic ring is 1. The van der Waals surface area contributed by atoms with Gasteiger partial charge in [-0.3, -0.25) is 4.79 Å². The number of carbonyl (C=O) groups excluding carboxylic acids is 1. The number of amides is 1. The number of hydrogen-bond donors (Lipinski definition) is 1. The van der Waals surface area contributed by atoms with Gasteiger partial charge in [0.05, 0.1) is 12.3 Å². The van der Waals surface area contributed by atoms with Gasteiger partial charge in [-0.05, 0) is 44.5 Å². The van der Waals surface area contributed by atoms with E-state index >= 15 is 0 Å². The van der Waals surface area contributed by atoms with Crippen LogP contribution in [0.1, 0.15) is 36.8 Å². The third kappa shape index (κ3) is 4.61. The van der Waals surface area contributed by atoms with Crippen LogP contribution in [0.25, 0.3) is 0 Å². The van der Waals surface area contributed by atoms with E-state index in [1.165, 1.54) is 12.1 Å². The molecule has 2 saturated heterocycles. The van der Waals surface area contributed by atoms with E-state index in [4.69, 9.17) is 10.5 Å². The molecule has 7 nitrogen and oxygen atoms in total. The van der Waals surface area contributed by atoms with Gasteiger partial charge in [0.1, 0.15) is 17.5 Å². The van der Waals surface area contributed by atoms with Crippen LogP contribution in [0, 0.1) is 12.7 Å². The lowest BCUT2D eigenvalue weighted by Crippen LogP contribution is -2.62. The fourth-order valence-corrected chi connectivity index (χ4v) is 4.85. The molecular weight excluding hydrogens is 409 g/mol. The molecule has 1 atom stereocenters. The van der Waals surface area contributed by atoms with Crippen LogP contribution in [0.2, 0.25) is 0 Å². The molecule has 2 fully saturated rings. The van der Waals surface area contributed by atoms with Gasteiger partial charge in [0.25, 0.3) is 5.91 Å². The average molecular weight is 442 g/mol. The van der Waals surface area contributed by atoms with Gasteiger partial charge in [0, 0.05) is 44.1 Å². The Morgan fingerprint density at radius 1 is 1.19 bits per heavy atom. The maximum Gasteiger partial charge on any atom is 0.256 e. The fraction of sp³-hybridized carbons (Fsp3) is 0.542. The number of hydrogen-bond acceptors (Lipinski definition) is 6. The van der Waals surface area contributed by atoms with E-state index in [1.54, 1.807) is 12.1 Å². The number of halogens is 1. The topological polar surface area (TPSA) is 84.6 Å². The lowest BCUT2D eigenvalue weighted by molar-refractivity contribution is -0.171. The molecule has 1 aromatic heterocycles. The Balaban J connectivity index is 1.52. The molecule has 0 saturated carbocycles. The highest BCUT2D eigenvalue weighted by Crippen LogP contribution is 2.36. The first-order chi connectivity index (χ1) is 15.2. The van der Waals surface area contributed by atoms with Gasteiger partial charge in [-0.1, -0.05) is 19.1 Å². The van der Waals surface area contributed by atoms with Crippen molar-refractivity contribution in [1.29, 1.82) is 0 Å². The lowest BCUT2D eigenvalue weighted by atomic mass is 9.76. The zero-order valence-electron chi connectivity index (χ0n) is 19.1. The minimum Gasteiger partial charge on any atom is -0.384 e. The molecular formula is C24H32FN5O2. The number of ether oxygens (including phenoxy) is 1. The monoisotopic (exact) mass is 441 g/mol. The molecule has 2 aliphatic heterocycles. The van der Waals surface area contributed by atoms with Crippen molar-refractivity contribution in [3.8, 4) is 0 Å². The first-order valence-electron chi connectivity index (χ1n) is 11.2. The normalized spacial score (nSPS) is 23.8. The maximum atomic E-state index is 13.8. The number of morpholine rings is 1. The Labute approximate surface area is 188 Å². The van der Waals surface area contributed by atoms with Crippen molar-refractivity contribution in [3.63, 3.8) is 0 Å². The van der Waals surface area contributed by atoms with Gasteiger partial charge >= 0.3 is 0 Å². The van der Waals surface area contributed by atoms with E-state index < -0.39 is 5.60 Å². The number of aromatic nitrogens is 2. The fourth-order valence-electron chi connectivity index (χ4n) is 4.85. The summed E-state index contributed by atoms with van der Waals surface area (Å²) < 4.78 is 19.6. The summed E-state index contributed by atoms with van der Waals surface area (Å²) in [5.74, 6) is 0.862. The second-order valence-corrected chi connectivity index (χ2v) is 9.46. The number of benzene rings is 1. The summed E-state index contributed by atoms with van der Waals surface area (Å²) in [6.45, 7) is 7.05. The van der Waals surface area contributed by atoms with E-state index in [9.17, 15) is 9.18 Å². The van der Waals surface area contributed by atoms with Crippen LogP contribution in [-0.4, -0.2) is 71.1 Å². The highest BCUT2D eigenvalue weighted by atomic mass is 19.1. The predicted octanol–water partition coefficient (Wildman–Crippen LogP) is 2.33. The molecule has 1 amide bonds. The zero-order chi connectivity index (χ0) is 22.9. The SMILES string of the molecule is Cc1nc(N)cc(C2(C)CCN(C(=O)C3(Cc4ccc(F)cc4)CN(C)CCO3)CC2)n1. The minimum absolute atomic E-state index is 0.00815. The van der Waals surface area contributed by atoms with Crippen molar-refractivity contribution in [2.45, 2.75) is 44.1 Å². The second-order valence-electron chi connectivity index (χ2n) is 9.46. The maximum absolute atomic E-state index is 13.8. The summed E-state index contributed by atoms with van der Waals surface area (Å²) in [6.07, 6.45) is 2.00. The molecule has 2 aromatic rings. The van der Waals surface area contributed by atoms with Gasteiger partial charge in [-0.2, -0.15) is 0 Å². The molecule has 8 heteroatoms. The van der Waals surface area contributed by atoms with Crippen molar-refractivity contribution in [3.05, 3.63) is 53.2 Å². The van der Waals surface area contributed by atoms with Crippen LogP contribution in [0.4, 0.5) is 10.2 Å². The summed E-state index contributed by atoms with van der Waals surface area (Å²) in [4.78, 5) is 26.7. The molecule has 0 radical (unpaired) electrons. The number of anilines is 1. The Kier molecular flexibility index (Phi) is 6.18. The van der Waals surface area contributed by atoms with Crippen LogP contribution in [0.15, 0.2) is 30.3 Å². The summed E-state index contributed by atoms with van der Waals surface area (Å²) in [7, 11) is 2.00. The Morgan fingerprint density at radius 3 is 2.50 bits per heavy atom. The summed E-state index contributed by atoms with van der Waals surface area (Å²) in [5.41, 5.74) is 6.65. The number of carbonyl (C=O) groups is 1. The number of nitrogens with zero attached hydrogens (tertiary/aromatic N) is 4. The van der Waals surface area contributed by atoms with E-state index in [-0.39, 0.29) is 17.1 Å². The summed E-state index contributed by atoms with van der Waals surface area (Å²) >= 11 is 0. The van der Waals surface area contributed by atoms with Gasteiger partial charge < -0.3 is 20.3 Å². The molecule has 32 heavy (non-hydrogen) atoms. The summed E-state index contributed by atoms with van der Waals surface area (Å²) in [6, 6.07) is 8.18. The van der Waals surface area contributed by atoms with Gasteiger partial charge in [-0.15, -0.1) is 0 Å². The Morgan fingerprint density at radius 2 is 1.88 bits per heavy atom. The van der Waals surface area contributed by atoms with E-state index in [0.717, 1.165) is 30.6 Å². The third-order valence-electron chi connectivity index (χ3n) is 6.80. The molecule has 4 rings (SSSR count).